The lowest BCUT2D eigenvalue weighted by Crippen LogP contribution is -1.92. The Morgan fingerprint density at radius 2 is 2.25 bits per heavy atom. The number of hydrogen-bond donors (Lipinski definition) is 1. The van der Waals surface area contributed by atoms with Gasteiger partial charge in [0, 0.05) is 12.2 Å². The van der Waals surface area contributed by atoms with Gasteiger partial charge in [0.05, 0.1) is 12.4 Å². The zero-order valence-corrected chi connectivity index (χ0v) is 9.47. The molecule has 0 aliphatic rings. The van der Waals surface area contributed by atoms with Crippen LogP contribution in [0.2, 0.25) is 0 Å². The van der Waals surface area contributed by atoms with Gasteiger partial charge in [-0.1, -0.05) is 0 Å². The van der Waals surface area contributed by atoms with Crippen molar-refractivity contribution in [2.45, 2.75) is 20.4 Å². The van der Waals surface area contributed by atoms with Crippen LogP contribution < -0.4 is 10.5 Å². The maximum atomic E-state index is 5.71. The van der Waals surface area contributed by atoms with Gasteiger partial charge in [0.15, 0.2) is 5.75 Å². The van der Waals surface area contributed by atoms with Crippen LogP contribution in [0.25, 0.3) is 0 Å². The van der Waals surface area contributed by atoms with Gasteiger partial charge in [-0.15, -0.1) is 0 Å². The molecule has 0 amide bonds. The first-order valence-electron chi connectivity index (χ1n) is 5.25. The van der Waals surface area contributed by atoms with Gasteiger partial charge >= 0.3 is 0 Å². The Kier molecular flexibility index (Phi) is 2.81. The summed E-state index contributed by atoms with van der Waals surface area (Å²) >= 11 is 0. The average molecular weight is 217 g/mol. The number of nitrogens with zero attached hydrogens (tertiary/aromatic N) is 2. The highest BCUT2D eigenvalue weighted by atomic mass is 16.5. The molecule has 4 heteroatoms. The molecule has 0 aliphatic heterocycles. The summed E-state index contributed by atoms with van der Waals surface area (Å²) in [5, 5.41) is 4.15. The van der Waals surface area contributed by atoms with Crippen molar-refractivity contribution in [2.24, 2.45) is 0 Å². The lowest BCUT2D eigenvalue weighted by atomic mass is 10.2. The van der Waals surface area contributed by atoms with Crippen molar-refractivity contribution in [3.05, 3.63) is 36.2 Å². The highest BCUT2D eigenvalue weighted by Gasteiger charge is 2.03. The first-order chi connectivity index (χ1) is 7.69. The van der Waals surface area contributed by atoms with Crippen molar-refractivity contribution < 1.29 is 4.74 Å². The number of nitrogen functional groups attached to an aromatic ring is 1. The SMILES string of the molecule is CCn1cc(Oc2ccc(N)cc2C)cn1. The zero-order valence-electron chi connectivity index (χ0n) is 9.47. The monoisotopic (exact) mass is 217 g/mol. The number of benzene rings is 1. The molecule has 0 aliphatic carbocycles. The molecule has 0 saturated heterocycles. The van der Waals surface area contributed by atoms with Crippen molar-refractivity contribution in [1.82, 2.24) is 9.78 Å². The summed E-state index contributed by atoms with van der Waals surface area (Å²) in [5.74, 6) is 1.56. The van der Waals surface area contributed by atoms with E-state index in [1.165, 1.54) is 0 Å². The maximum Gasteiger partial charge on any atom is 0.165 e. The van der Waals surface area contributed by atoms with E-state index in [4.69, 9.17) is 10.5 Å². The van der Waals surface area contributed by atoms with Crippen molar-refractivity contribution in [3.8, 4) is 11.5 Å². The van der Waals surface area contributed by atoms with E-state index in [0.717, 1.165) is 29.3 Å². The van der Waals surface area contributed by atoms with E-state index in [9.17, 15) is 0 Å². The molecule has 0 bridgehead atoms. The zero-order chi connectivity index (χ0) is 11.5. The Morgan fingerprint density at radius 3 is 2.88 bits per heavy atom. The van der Waals surface area contributed by atoms with Crippen LogP contribution in [0.15, 0.2) is 30.6 Å². The Bertz CT molecular complexity index is 491. The Hall–Kier alpha value is -1.97. The standard InChI is InChI=1S/C12H15N3O/c1-3-15-8-11(7-14-15)16-12-5-4-10(13)6-9(12)2/h4-8H,3,13H2,1-2H3. The van der Waals surface area contributed by atoms with Gasteiger partial charge in [0.2, 0.25) is 0 Å². The third-order valence-electron chi connectivity index (χ3n) is 2.36. The number of nitrogens with two attached hydrogens (primary N) is 1. The molecule has 0 radical (unpaired) electrons. The second-order valence-electron chi connectivity index (χ2n) is 3.66. The van der Waals surface area contributed by atoms with E-state index in [1.54, 1.807) is 6.20 Å². The Balaban J connectivity index is 2.20. The number of aromatic nitrogens is 2. The summed E-state index contributed by atoms with van der Waals surface area (Å²) in [4.78, 5) is 0. The first kappa shape index (κ1) is 10.5. The van der Waals surface area contributed by atoms with E-state index in [0.29, 0.717) is 0 Å². The van der Waals surface area contributed by atoms with Crippen LogP contribution in [0.1, 0.15) is 12.5 Å². The number of rotatable bonds is 3. The molecule has 0 saturated carbocycles. The molecule has 16 heavy (non-hydrogen) atoms. The van der Waals surface area contributed by atoms with Gasteiger partial charge < -0.3 is 10.5 Å². The normalized spacial score (nSPS) is 10.4. The Morgan fingerprint density at radius 1 is 1.44 bits per heavy atom. The molecule has 2 N–H and O–H groups in total. The lowest BCUT2D eigenvalue weighted by molar-refractivity contribution is 0.477. The van der Waals surface area contributed by atoms with Crippen molar-refractivity contribution in [1.29, 1.82) is 0 Å². The van der Waals surface area contributed by atoms with E-state index in [-0.39, 0.29) is 0 Å². The van der Waals surface area contributed by atoms with Crippen molar-refractivity contribution >= 4 is 5.69 Å². The molecule has 0 spiro atoms. The highest BCUT2D eigenvalue weighted by Crippen LogP contribution is 2.25. The van der Waals surface area contributed by atoms with Gasteiger partial charge in [-0.2, -0.15) is 5.10 Å². The van der Waals surface area contributed by atoms with Crippen LogP contribution in [0.4, 0.5) is 5.69 Å². The predicted octanol–water partition coefficient (Wildman–Crippen LogP) is 2.59. The van der Waals surface area contributed by atoms with Gasteiger partial charge in [-0.3, -0.25) is 4.68 Å². The molecule has 0 unspecified atom stereocenters. The summed E-state index contributed by atoms with van der Waals surface area (Å²) in [6, 6.07) is 5.58. The minimum atomic E-state index is 0.745. The molecule has 84 valence electrons. The first-order valence-corrected chi connectivity index (χ1v) is 5.25. The van der Waals surface area contributed by atoms with Crippen LogP contribution in [0.5, 0.6) is 11.5 Å². The van der Waals surface area contributed by atoms with Crippen molar-refractivity contribution in [2.75, 3.05) is 5.73 Å². The molecule has 0 fully saturated rings. The fraction of sp³-hybridized carbons (Fsp3) is 0.250. The molecule has 1 heterocycles. The number of hydrogen-bond acceptors (Lipinski definition) is 3. The predicted molar refractivity (Wildman–Crippen MR) is 63.6 cm³/mol. The number of anilines is 1. The van der Waals surface area contributed by atoms with E-state index in [1.807, 2.05) is 42.9 Å². The lowest BCUT2D eigenvalue weighted by Gasteiger charge is -2.06. The van der Waals surface area contributed by atoms with Gasteiger partial charge in [-0.05, 0) is 37.6 Å². The molecule has 2 aromatic rings. The fourth-order valence-electron chi connectivity index (χ4n) is 1.48. The topological polar surface area (TPSA) is 53.1 Å². The molecule has 1 aromatic heterocycles. The largest absolute Gasteiger partial charge is 0.454 e. The van der Waals surface area contributed by atoms with Crippen molar-refractivity contribution in [3.63, 3.8) is 0 Å². The summed E-state index contributed by atoms with van der Waals surface area (Å²) < 4.78 is 7.53. The van der Waals surface area contributed by atoms with E-state index in [2.05, 4.69) is 5.10 Å². The second kappa shape index (κ2) is 4.26. The minimum Gasteiger partial charge on any atom is -0.454 e. The van der Waals surface area contributed by atoms with Crippen LogP contribution in [0.3, 0.4) is 0 Å². The summed E-state index contributed by atoms with van der Waals surface area (Å²) in [7, 11) is 0. The summed E-state index contributed by atoms with van der Waals surface area (Å²) in [6.07, 6.45) is 3.58. The molecule has 4 nitrogen and oxygen atoms in total. The van der Waals surface area contributed by atoms with Crippen LogP contribution in [0, 0.1) is 6.92 Å². The summed E-state index contributed by atoms with van der Waals surface area (Å²) in [5.41, 5.74) is 7.44. The number of ether oxygens (including phenoxy) is 1. The number of aryl methyl sites for hydroxylation is 2. The third-order valence-corrected chi connectivity index (χ3v) is 2.36. The smallest absolute Gasteiger partial charge is 0.165 e. The molecule has 2 rings (SSSR count). The van der Waals surface area contributed by atoms with E-state index < -0.39 is 0 Å². The quantitative estimate of drug-likeness (QED) is 0.804. The highest BCUT2D eigenvalue weighted by molar-refractivity contribution is 5.48. The van der Waals surface area contributed by atoms with Gasteiger partial charge in [-0.25, -0.2) is 0 Å². The minimum absolute atomic E-state index is 0.745. The van der Waals surface area contributed by atoms with E-state index >= 15 is 0 Å². The van der Waals surface area contributed by atoms with Crippen LogP contribution in [-0.4, -0.2) is 9.78 Å². The van der Waals surface area contributed by atoms with Crippen LogP contribution >= 0.6 is 0 Å². The molecule has 0 atom stereocenters. The van der Waals surface area contributed by atoms with Gasteiger partial charge in [0.1, 0.15) is 5.75 Å². The Labute approximate surface area is 94.6 Å². The molecular formula is C12H15N3O. The second-order valence-corrected chi connectivity index (χ2v) is 3.66. The summed E-state index contributed by atoms with van der Waals surface area (Å²) in [6.45, 7) is 4.84. The van der Waals surface area contributed by atoms with Gasteiger partial charge in [0.25, 0.3) is 0 Å². The fourth-order valence-corrected chi connectivity index (χ4v) is 1.48. The molecular weight excluding hydrogens is 202 g/mol. The van der Waals surface area contributed by atoms with Crippen LogP contribution in [-0.2, 0) is 6.54 Å². The maximum absolute atomic E-state index is 5.71. The third kappa shape index (κ3) is 2.16. The molecule has 1 aromatic carbocycles. The average Bonchev–Trinajstić information content (AvgIpc) is 2.70.